The number of nitrogens with two attached hydrogens (primary N) is 2. The minimum absolute atomic E-state index is 0.114. The van der Waals surface area contributed by atoms with Crippen LogP contribution in [0.2, 0.25) is 5.02 Å². The summed E-state index contributed by atoms with van der Waals surface area (Å²) in [5, 5.41) is 13.1. The molecule has 0 spiro atoms. The lowest BCUT2D eigenvalue weighted by Gasteiger charge is -2.31. The first kappa shape index (κ1) is 33.9. The number of carbonyl (C=O) groups excluding carboxylic acids is 2. The molecule has 6 N–H and O–H groups in total. The average molecular weight is 664 g/mol. The highest BCUT2D eigenvalue weighted by atomic mass is 35.5. The third-order valence-electron chi connectivity index (χ3n) is 7.31. The number of hydrogen-bond donors (Lipinski definition) is 4. The summed E-state index contributed by atoms with van der Waals surface area (Å²) in [5.41, 5.74) is 10.7. The maximum absolute atomic E-state index is 14.1. The van der Waals surface area contributed by atoms with E-state index in [0.717, 1.165) is 18.7 Å². The highest BCUT2D eigenvalue weighted by Crippen LogP contribution is 2.38. The number of guanidine groups is 1. The van der Waals surface area contributed by atoms with E-state index in [2.05, 4.69) is 20.4 Å². The topological polar surface area (TPSA) is 177 Å². The smallest absolute Gasteiger partial charge is 0.407 e. The van der Waals surface area contributed by atoms with Crippen LogP contribution in [0, 0.1) is 5.41 Å². The van der Waals surface area contributed by atoms with E-state index in [1.807, 2.05) is 0 Å². The summed E-state index contributed by atoms with van der Waals surface area (Å²) in [4.78, 5) is 35.9. The molecular formula is C29H30ClF4N9O3. The third-order valence-corrected chi connectivity index (χ3v) is 7.64. The van der Waals surface area contributed by atoms with Gasteiger partial charge in [0, 0.05) is 17.3 Å². The van der Waals surface area contributed by atoms with Gasteiger partial charge in [-0.25, -0.2) is 28.2 Å². The molecule has 1 aliphatic rings. The summed E-state index contributed by atoms with van der Waals surface area (Å²) in [7, 11) is 0. The number of aromatic nitrogens is 2. The number of rotatable bonds is 11. The summed E-state index contributed by atoms with van der Waals surface area (Å²) in [6.07, 6.45) is -0.899. The van der Waals surface area contributed by atoms with Gasteiger partial charge in [-0.15, -0.1) is 0 Å². The normalized spacial score (nSPS) is 17.8. The molecule has 2 heterocycles. The molecule has 1 aliphatic heterocycles. The van der Waals surface area contributed by atoms with Crippen LogP contribution >= 0.6 is 11.6 Å². The molecule has 2 aromatic carbocycles. The summed E-state index contributed by atoms with van der Waals surface area (Å²) >= 11 is 6.30. The van der Waals surface area contributed by atoms with Gasteiger partial charge in [0.1, 0.15) is 18.8 Å². The minimum atomic E-state index is -2.90. The quantitative estimate of drug-likeness (QED) is 0.130. The molecule has 0 saturated heterocycles. The summed E-state index contributed by atoms with van der Waals surface area (Å²) < 4.78 is 58.5. The Kier molecular flexibility index (Phi) is 9.70. The second-order valence-corrected chi connectivity index (χ2v) is 11.3. The van der Waals surface area contributed by atoms with Gasteiger partial charge in [-0.1, -0.05) is 41.9 Å². The summed E-state index contributed by atoms with van der Waals surface area (Å²) in [6, 6.07) is 9.69. The van der Waals surface area contributed by atoms with Crippen molar-refractivity contribution in [2.24, 2.45) is 21.5 Å². The lowest BCUT2D eigenvalue weighted by Crippen LogP contribution is -2.50. The van der Waals surface area contributed by atoms with Crippen LogP contribution in [0.4, 0.5) is 22.4 Å². The average Bonchev–Trinajstić information content (AvgIpc) is 3.58. The molecule has 0 bridgehead atoms. The van der Waals surface area contributed by atoms with Crippen molar-refractivity contribution in [2.45, 2.75) is 50.9 Å². The fraction of sp³-hybridized carbons (Fsp3) is 0.310. The van der Waals surface area contributed by atoms with Crippen molar-refractivity contribution in [3.05, 3.63) is 76.6 Å². The lowest BCUT2D eigenvalue weighted by molar-refractivity contribution is -0.133. The molecule has 244 valence electrons. The largest absolute Gasteiger partial charge is 0.447 e. The Morgan fingerprint density at radius 2 is 1.87 bits per heavy atom. The zero-order chi connectivity index (χ0) is 34.0. The first-order valence-corrected chi connectivity index (χ1v) is 13.9. The first-order valence-electron chi connectivity index (χ1n) is 13.6. The zero-order valence-electron chi connectivity index (χ0n) is 24.7. The zero-order valence-corrected chi connectivity index (χ0v) is 25.5. The van der Waals surface area contributed by atoms with E-state index >= 15 is 0 Å². The predicted molar refractivity (Wildman–Crippen MR) is 163 cm³/mol. The Labute approximate surface area is 265 Å². The molecule has 12 nitrogen and oxygen atoms in total. The number of carbonyl (C=O) groups is 2. The Hall–Kier alpha value is -4.99. The maximum Gasteiger partial charge on any atom is 0.407 e. The van der Waals surface area contributed by atoms with Gasteiger partial charge in [0.15, 0.2) is 11.5 Å². The number of nitrogens with zero attached hydrogens (tertiary/aromatic N) is 5. The number of ether oxygens (including phenoxy) is 1. The number of aliphatic imine (C=N–C) groups is 2. The Morgan fingerprint density at radius 1 is 1.20 bits per heavy atom. The molecule has 1 aromatic heterocycles. The van der Waals surface area contributed by atoms with Crippen LogP contribution in [0.15, 0.2) is 64.8 Å². The van der Waals surface area contributed by atoms with Gasteiger partial charge < -0.3 is 21.5 Å². The van der Waals surface area contributed by atoms with Crippen molar-refractivity contribution in [3.63, 3.8) is 0 Å². The molecule has 46 heavy (non-hydrogen) atoms. The fourth-order valence-corrected chi connectivity index (χ4v) is 4.87. The van der Waals surface area contributed by atoms with Gasteiger partial charge in [-0.2, -0.15) is 13.9 Å². The second kappa shape index (κ2) is 13.2. The Morgan fingerprint density at radius 3 is 2.46 bits per heavy atom. The summed E-state index contributed by atoms with van der Waals surface area (Å²) in [5.74, 6) is -0.978. The van der Waals surface area contributed by atoms with Gasteiger partial charge >= 0.3 is 12.6 Å². The van der Waals surface area contributed by atoms with Crippen LogP contribution in [0.25, 0.3) is 11.1 Å². The molecule has 0 aliphatic carbocycles. The van der Waals surface area contributed by atoms with Gasteiger partial charge in [0.2, 0.25) is 0 Å². The van der Waals surface area contributed by atoms with E-state index in [9.17, 15) is 27.2 Å². The molecule has 17 heteroatoms. The van der Waals surface area contributed by atoms with Crippen LogP contribution < -0.4 is 16.8 Å². The van der Waals surface area contributed by atoms with Crippen molar-refractivity contribution in [3.8, 4) is 11.1 Å². The second-order valence-electron chi connectivity index (χ2n) is 10.9. The number of alkyl carbamates (subject to hydrolysis) is 1. The van der Waals surface area contributed by atoms with Crippen LogP contribution in [0.3, 0.4) is 0 Å². The van der Waals surface area contributed by atoms with Crippen molar-refractivity contribution < 1.29 is 31.9 Å². The SMILES string of the molecule is CC(C)(NC(=O)OC[C@H](c1ccc(Cl)c(C(N)=NC=N)c1)N1C(=O)[C@@](C)(c2ccc(-c3cnn(C(F)F)c3)cc2)N=C1N)C(F)F. The van der Waals surface area contributed by atoms with Gasteiger partial charge in [-0.05, 0) is 49.6 Å². The molecule has 0 saturated carbocycles. The van der Waals surface area contributed by atoms with Crippen LogP contribution in [0.5, 0.6) is 0 Å². The first-order chi connectivity index (χ1) is 21.6. The standard InChI is InChI=1S/C29H30ClF4N9O3/c1-28(2,23(31)32)41-27(45)46-13-21(16-6-9-20(30)19(10-16)22(36)38-14-35)43-24(44)29(3,40-26(43)37)18-7-4-15(5-8-18)17-11-39-42(12-17)25(33)34/h4-12,14,21,23,25H,13H2,1-3H3,(H2,37,40)(H,41,45)(H3,35,36,38)/t21-,29-/m1/s1. The molecular weight excluding hydrogens is 634 g/mol. The van der Waals surface area contributed by atoms with E-state index in [1.165, 1.54) is 37.5 Å². The lowest BCUT2D eigenvalue weighted by atomic mass is 9.90. The fourth-order valence-electron chi connectivity index (χ4n) is 4.65. The number of benzene rings is 2. The predicted octanol–water partition coefficient (Wildman–Crippen LogP) is 4.79. The van der Waals surface area contributed by atoms with Gasteiger partial charge in [-0.3, -0.25) is 15.1 Å². The molecule has 4 rings (SSSR count). The van der Waals surface area contributed by atoms with Crippen molar-refractivity contribution >= 4 is 41.7 Å². The number of amides is 2. The van der Waals surface area contributed by atoms with Gasteiger partial charge in [0.05, 0.1) is 22.8 Å². The summed E-state index contributed by atoms with van der Waals surface area (Å²) in [6.45, 7) is 0.386. The Bertz CT molecular complexity index is 1690. The van der Waals surface area contributed by atoms with Crippen molar-refractivity contribution in [1.82, 2.24) is 20.0 Å². The number of alkyl halides is 4. The number of hydrogen-bond acceptors (Lipinski definition) is 7. The Balaban J connectivity index is 1.69. The third kappa shape index (κ3) is 6.80. The van der Waals surface area contributed by atoms with Crippen LogP contribution in [-0.2, 0) is 15.1 Å². The molecule has 2 atom stereocenters. The van der Waals surface area contributed by atoms with Crippen molar-refractivity contribution in [1.29, 1.82) is 5.41 Å². The van der Waals surface area contributed by atoms with E-state index in [0.29, 0.717) is 33.3 Å². The number of nitrogens with one attached hydrogen (secondary N) is 2. The molecule has 3 aromatic rings. The van der Waals surface area contributed by atoms with E-state index in [4.69, 9.17) is 33.2 Å². The molecule has 0 radical (unpaired) electrons. The molecule has 0 fully saturated rings. The van der Waals surface area contributed by atoms with E-state index in [-0.39, 0.29) is 22.4 Å². The molecule has 0 unspecified atom stereocenters. The monoisotopic (exact) mass is 663 g/mol. The highest BCUT2D eigenvalue weighted by molar-refractivity contribution is 6.34. The highest BCUT2D eigenvalue weighted by Gasteiger charge is 2.48. The molecule has 2 amide bonds. The number of halogens is 5. The minimum Gasteiger partial charge on any atom is -0.447 e. The van der Waals surface area contributed by atoms with E-state index < -0.39 is 48.7 Å². The maximum atomic E-state index is 14.1. The van der Waals surface area contributed by atoms with Crippen LogP contribution in [-0.4, -0.2) is 63.4 Å². The van der Waals surface area contributed by atoms with E-state index in [1.54, 1.807) is 24.3 Å². The van der Waals surface area contributed by atoms with Gasteiger partial charge in [0.25, 0.3) is 12.3 Å². The number of amidine groups is 1. The van der Waals surface area contributed by atoms with Crippen LogP contribution in [0.1, 0.15) is 50.1 Å². The van der Waals surface area contributed by atoms with Crippen molar-refractivity contribution in [2.75, 3.05) is 6.61 Å².